The van der Waals surface area contributed by atoms with Crippen LogP contribution in [0.1, 0.15) is 39.4 Å². The Kier molecular flexibility index (Phi) is 4.71. The van der Waals surface area contributed by atoms with E-state index in [1.165, 1.54) is 25.9 Å². The normalized spacial score (nSPS) is 18.0. The molecule has 0 saturated carbocycles. The molecule has 1 aliphatic heterocycles. The van der Waals surface area contributed by atoms with E-state index >= 15 is 0 Å². The Balaban J connectivity index is 2.08. The van der Waals surface area contributed by atoms with Gasteiger partial charge in [-0.1, -0.05) is 20.8 Å². The molecule has 0 bridgehead atoms. The van der Waals surface area contributed by atoms with Gasteiger partial charge in [0.25, 0.3) is 0 Å². The highest BCUT2D eigenvalue weighted by molar-refractivity contribution is 5.47. The van der Waals surface area contributed by atoms with Crippen LogP contribution in [-0.2, 0) is 5.41 Å². The fraction of sp³-hybridized carbons (Fsp3) is 0.750. The van der Waals surface area contributed by atoms with Gasteiger partial charge in [0.05, 0.1) is 0 Å². The van der Waals surface area contributed by atoms with Crippen LogP contribution in [0.2, 0.25) is 0 Å². The Labute approximate surface area is 128 Å². The summed E-state index contributed by atoms with van der Waals surface area (Å²) in [4.78, 5) is 13.7. The lowest BCUT2D eigenvalue weighted by atomic mass is 9.95. The van der Waals surface area contributed by atoms with E-state index < -0.39 is 0 Å². The summed E-state index contributed by atoms with van der Waals surface area (Å²) in [7, 11) is 4.30. The molecule has 118 valence electrons. The van der Waals surface area contributed by atoms with Gasteiger partial charge in [-0.05, 0) is 38.9 Å². The van der Waals surface area contributed by atoms with Gasteiger partial charge in [-0.25, -0.2) is 9.97 Å². The third-order valence-corrected chi connectivity index (χ3v) is 4.16. The minimum Gasteiger partial charge on any atom is -0.384 e. The van der Waals surface area contributed by atoms with Crippen LogP contribution in [0.3, 0.4) is 0 Å². The molecule has 1 fully saturated rings. The topological polar surface area (TPSA) is 58.3 Å². The quantitative estimate of drug-likeness (QED) is 0.924. The minimum atomic E-state index is -0.0848. The van der Waals surface area contributed by atoms with Crippen molar-refractivity contribution >= 4 is 11.6 Å². The Hall–Kier alpha value is -1.36. The number of likely N-dealkylation sites (tertiary alicyclic amines) is 1. The molecule has 0 unspecified atom stereocenters. The smallest absolute Gasteiger partial charge is 0.138 e. The van der Waals surface area contributed by atoms with Crippen LogP contribution in [0.5, 0.6) is 0 Å². The molecule has 1 aromatic rings. The number of nitrogens with two attached hydrogens (primary N) is 1. The summed E-state index contributed by atoms with van der Waals surface area (Å²) < 4.78 is 0. The highest BCUT2D eigenvalue weighted by Gasteiger charge is 2.22. The lowest BCUT2D eigenvalue weighted by Crippen LogP contribution is -2.36. The Morgan fingerprint density at radius 2 is 1.90 bits per heavy atom. The van der Waals surface area contributed by atoms with Crippen molar-refractivity contribution in [3.8, 4) is 0 Å². The molecular formula is C16H29N5. The maximum atomic E-state index is 5.96. The molecule has 5 heteroatoms. The molecule has 1 aromatic heterocycles. The molecule has 2 N–H and O–H groups in total. The molecule has 0 aliphatic carbocycles. The number of hydrogen-bond donors (Lipinski definition) is 1. The molecule has 5 nitrogen and oxygen atoms in total. The van der Waals surface area contributed by atoms with Gasteiger partial charge in [-0.3, -0.25) is 0 Å². The maximum Gasteiger partial charge on any atom is 0.138 e. The molecule has 1 saturated heterocycles. The van der Waals surface area contributed by atoms with E-state index in [2.05, 4.69) is 49.7 Å². The maximum absolute atomic E-state index is 5.96. The van der Waals surface area contributed by atoms with Crippen LogP contribution >= 0.6 is 0 Å². The lowest BCUT2D eigenvalue weighted by molar-refractivity contribution is 0.222. The fourth-order valence-corrected chi connectivity index (χ4v) is 2.71. The number of nitrogens with zero attached hydrogens (tertiary/aromatic N) is 4. The van der Waals surface area contributed by atoms with Gasteiger partial charge in [0.2, 0.25) is 0 Å². The summed E-state index contributed by atoms with van der Waals surface area (Å²) in [6, 6.07) is 1.88. The Bertz CT molecular complexity index is 472. The summed E-state index contributed by atoms with van der Waals surface area (Å²) in [5, 5.41) is 0. The van der Waals surface area contributed by atoms with Crippen molar-refractivity contribution in [3.63, 3.8) is 0 Å². The fourth-order valence-electron chi connectivity index (χ4n) is 2.71. The monoisotopic (exact) mass is 291 g/mol. The van der Waals surface area contributed by atoms with E-state index in [1.54, 1.807) is 0 Å². The van der Waals surface area contributed by atoms with Crippen molar-refractivity contribution in [1.82, 2.24) is 14.9 Å². The average molecular weight is 291 g/mol. The van der Waals surface area contributed by atoms with Crippen LogP contribution < -0.4 is 10.6 Å². The Morgan fingerprint density at radius 1 is 1.29 bits per heavy atom. The van der Waals surface area contributed by atoms with Crippen LogP contribution in [0, 0.1) is 5.92 Å². The number of aromatic nitrogens is 2. The first kappa shape index (κ1) is 16.0. The van der Waals surface area contributed by atoms with Gasteiger partial charge in [0.15, 0.2) is 0 Å². The van der Waals surface area contributed by atoms with Crippen LogP contribution in [0.15, 0.2) is 6.07 Å². The first-order valence-electron chi connectivity index (χ1n) is 7.80. The molecule has 21 heavy (non-hydrogen) atoms. The van der Waals surface area contributed by atoms with E-state index in [-0.39, 0.29) is 5.41 Å². The molecule has 0 spiro atoms. The molecule has 1 aliphatic rings. The van der Waals surface area contributed by atoms with Gasteiger partial charge in [-0.2, -0.15) is 0 Å². The van der Waals surface area contributed by atoms with E-state index in [9.17, 15) is 0 Å². The number of piperidine rings is 1. The SMILES string of the molecule is CN1CCC(CN(C)c2cc(N)nc(C(C)(C)C)n2)CC1. The predicted molar refractivity (Wildman–Crippen MR) is 88.6 cm³/mol. The number of nitrogen functional groups attached to an aromatic ring is 1. The van der Waals surface area contributed by atoms with E-state index in [0.717, 1.165) is 24.1 Å². The van der Waals surface area contributed by atoms with Crippen LogP contribution in [-0.4, -0.2) is 48.6 Å². The van der Waals surface area contributed by atoms with Crippen molar-refractivity contribution in [1.29, 1.82) is 0 Å². The van der Waals surface area contributed by atoms with Gasteiger partial charge < -0.3 is 15.5 Å². The lowest BCUT2D eigenvalue weighted by Gasteiger charge is -2.32. The zero-order valence-corrected chi connectivity index (χ0v) is 14.1. The second-order valence-corrected chi connectivity index (χ2v) is 7.35. The third kappa shape index (κ3) is 4.30. The number of anilines is 2. The van der Waals surface area contributed by atoms with Gasteiger partial charge in [0, 0.05) is 25.1 Å². The highest BCUT2D eigenvalue weighted by atomic mass is 15.2. The van der Waals surface area contributed by atoms with Crippen molar-refractivity contribution in [2.45, 2.75) is 39.0 Å². The van der Waals surface area contributed by atoms with Gasteiger partial charge in [-0.15, -0.1) is 0 Å². The van der Waals surface area contributed by atoms with Gasteiger partial charge >= 0.3 is 0 Å². The summed E-state index contributed by atoms with van der Waals surface area (Å²) in [6.45, 7) is 9.76. The average Bonchev–Trinajstić information content (AvgIpc) is 2.39. The molecule has 2 rings (SSSR count). The van der Waals surface area contributed by atoms with E-state index in [1.807, 2.05) is 6.07 Å². The zero-order valence-electron chi connectivity index (χ0n) is 14.1. The largest absolute Gasteiger partial charge is 0.384 e. The Morgan fingerprint density at radius 3 is 2.48 bits per heavy atom. The summed E-state index contributed by atoms with van der Waals surface area (Å²) in [5.74, 6) is 3.04. The van der Waals surface area contributed by atoms with Crippen LogP contribution in [0.25, 0.3) is 0 Å². The van der Waals surface area contributed by atoms with Crippen molar-refractivity contribution in [2.75, 3.05) is 44.4 Å². The van der Waals surface area contributed by atoms with E-state index in [0.29, 0.717) is 5.82 Å². The van der Waals surface area contributed by atoms with Crippen LogP contribution in [0.4, 0.5) is 11.6 Å². The molecule has 0 aromatic carbocycles. The number of rotatable bonds is 3. The standard InChI is InChI=1S/C16H29N5/c1-16(2,3)15-18-13(17)10-14(19-15)21(5)11-12-6-8-20(4)9-7-12/h10,12H,6-9,11H2,1-5H3,(H2,17,18,19). The molecular weight excluding hydrogens is 262 g/mol. The molecule has 2 heterocycles. The second kappa shape index (κ2) is 6.18. The summed E-state index contributed by atoms with van der Waals surface area (Å²) in [6.07, 6.45) is 2.51. The first-order chi connectivity index (χ1) is 9.75. The van der Waals surface area contributed by atoms with E-state index in [4.69, 9.17) is 10.7 Å². The molecule has 0 radical (unpaired) electrons. The minimum absolute atomic E-state index is 0.0848. The third-order valence-electron chi connectivity index (χ3n) is 4.16. The van der Waals surface area contributed by atoms with Gasteiger partial charge in [0.1, 0.15) is 17.5 Å². The molecule has 0 amide bonds. The first-order valence-corrected chi connectivity index (χ1v) is 7.80. The van der Waals surface area contributed by atoms with Crippen molar-refractivity contribution in [3.05, 3.63) is 11.9 Å². The van der Waals surface area contributed by atoms with Crippen molar-refractivity contribution in [2.24, 2.45) is 5.92 Å². The van der Waals surface area contributed by atoms with Crippen molar-refractivity contribution < 1.29 is 0 Å². The summed E-state index contributed by atoms with van der Waals surface area (Å²) >= 11 is 0. The summed E-state index contributed by atoms with van der Waals surface area (Å²) in [5.41, 5.74) is 5.88. The second-order valence-electron chi connectivity index (χ2n) is 7.35. The predicted octanol–water partition coefficient (Wildman–Crippen LogP) is 2.13. The molecule has 0 atom stereocenters. The highest BCUT2D eigenvalue weighted by Crippen LogP contribution is 2.24. The zero-order chi connectivity index (χ0) is 15.6. The number of hydrogen-bond acceptors (Lipinski definition) is 5.